The van der Waals surface area contributed by atoms with E-state index in [9.17, 15) is 4.79 Å². The molecular weight excluding hydrogens is 218 g/mol. The van der Waals surface area contributed by atoms with Crippen molar-refractivity contribution < 1.29 is 14.3 Å². The van der Waals surface area contributed by atoms with Crippen LogP contribution in [0.5, 0.6) is 11.5 Å². The molecule has 0 radical (unpaired) electrons. The number of hydrogen-bond donors (Lipinski definition) is 1. The summed E-state index contributed by atoms with van der Waals surface area (Å²) in [6.45, 7) is 4.16. The maximum Gasteiger partial charge on any atom is 0.222 e. The van der Waals surface area contributed by atoms with Crippen LogP contribution in [0, 0.1) is 5.92 Å². The van der Waals surface area contributed by atoms with Gasteiger partial charge in [0.2, 0.25) is 5.91 Å². The van der Waals surface area contributed by atoms with Crippen LogP contribution in [-0.2, 0) is 11.3 Å². The van der Waals surface area contributed by atoms with Gasteiger partial charge in [-0.15, -0.1) is 0 Å². The van der Waals surface area contributed by atoms with Gasteiger partial charge in [0.1, 0.15) is 0 Å². The summed E-state index contributed by atoms with van der Waals surface area (Å²) < 4.78 is 10.5. The molecule has 1 rings (SSSR count). The van der Waals surface area contributed by atoms with Gasteiger partial charge in [-0.2, -0.15) is 0 Å². The average Bonchev–Trinajstić information content (AvgIpc) is 2.34. The van der Waals surface area contributed by atoms with Gasteiger partial charge in [0.25, 0.3) is 0 Å². The first kappa shape index (κ1) is 13.4. The molecule has 4 nitrogen and oxygen atoms in total. The summed E-state index contributed by atoms with van der Waals surface area (Å²) in [6.07, 6.45) is 0. The van der Waals surface area contributed by atoms with Gasteiger partial charge in [0, 0.05) is 18.0 Å². The quantitative estimate of drug-likeness (QED) is 0.851. The molecule has 1 amide bonds. The summed E-state index contributed by atoms with van der Waals surface area (Å²) in [5, 5.41) is 2.85. The highest BCUT2D eigenvalue weighted by Gasteiger charge is 2.11. The minimum Gasteiger partial charge on any atom is -0.493 e. The van der Waals surface area contributed by atoms with E-state index < -0.39 is 0 Å². The fraction of sp³-hybridized carbons (Fsp3) is 0.462. The van der Waals surface area contributed by atoms with Crippen LogP contribution in [0.2, 0.25) is 0 Å². The van der Waals surface area contributed by atoms with E-state index >= 15 is 0 Å². The Labute approximate surface area is 102 Å². The Morgan fingerprint density at radius 1 is 1.29 bits per heavy atom. The van der Waals surface area contributed by atoms with E-state index in [0.29, 0.717) is 18.0 Å². The smallest absolute Gasteiger partial charge is 0.222 e. The molecule has 4 heteroatoms. The number of nitrogens with one attached hydrogen (secondary N) is 1. The first-order valence-corrected chi connectivity index (χ1v) is 5.57. The van der Waals surface area contributed by atoms with Crippen molar-refractivity contribution >= 4 is 5.91 Å². The van der Waals surface area contributed by atoms with Crippen molar-refractivity contribution in [1.29, 1.82) is 0 Å². The van der Waals surface area contributed by atoms with Crippen LogP contribution in [0.4, 0.5) is 0 Å². The molecule has 0 saturated heterocycles. The lowest BCUT2D eigenvalue weighted by atomic mass is 10.1. The Bertz CT molecular complexity index is 388. The van der Waals surface area contributed by atoms with Gasteiger partial charge in [-0.25, -0.2) is 0 Å². The van der Waals surface area contributed by atoms with Gasteiger partial charge >= 0.3 is 0 Å². The van der Waals surface area contributed by atoms with Gasteiger partial charge in [0.15, 0.2) is 11.5 Å². The van der Waals surface area contributed by atoms with E-state index in [1.54, 1.807) is 14.2 Å². The first-order chi connectivity index (χ1) is 8.10. The molecule has 0 spiro atoms. The zero-order valence-electron chi connectivity index (χ0n) is 10.7. The average molecular weight is 237 g/mol. The van der Waals surface area contributed by atoms with Crippen LogP contribution >= 0.6 is 0 Å². The van der Waals surface area contributed by atoms with E-state index in [2.05, 4.69) is 5.32 Å². The third kappa shape index (κ3) is 3.37. The molecule has 1 N–H and O–H groups in total. The van der Waals surface area contributed by atoms with Gasteiger partial charge < -0.3 is 14.8 Å². The minimum absolute atomic E-state index is 0.0217. The number of para-hydroxylation sites is 1. The van der Waals surface area contributed by atoms with Gasteiger partial charge in [-0.05, 0) is 6.07 Å². The monoisotopic (exact) mass is 237 g/mol. The molecule has 0 fully saturated rings. The van der Waals surface area contributed by atoms with Crippen molar-refractivity contribution in [2.75, 3.05) is 14.2 Å². The van der Waals surface area contributed by atoms with Crippen LogP contribution in [0.3, 0.4) is 0 Å². The number of methoxy groups -OCH3 is 2. The third-order valence-corrected chi connectivity index (χ3v) is 2.46. The summed E-state index contributed by atoms with van der Waals surface area (Å²) in [4.78, 5) is 11.5. The molecule has 1 aromatic rings. The summed E-state index contributed by atoms with van der Waals surface area (Å²) >= 11 is 0. The van der Waals surface area contributed by atoms with Crippen molar-refractivity contribution in [3.8, 4) is 11.5 Å². The summed E-state index contributed by atoms with van der Waals surface area (Å²) in [5.41, 5.74) is 0.904. The molecule has 0 heterocycles. The van der Waals surface area contributed by atoms with Gasteiger partial charge in [0.05, 0.1) is 14.2 Å². The van der Waals surface area contributed by atoms with E-state index in [1.165, 1.54) is 0 Å². The number of carbonyl (C=O) groups excluding carboxylic acids is 1. The van der Waals surface area contributed by atoms with Crippen molar-refractivity contribution in [2.24, 2.45) is 5.92 Å². The lowest BCUT2D eigenvalue weighted by Gasteiger charge is -2.13. The Balaban J connectivity index is 2.80. The standard InChI is InChI=1S/C13H19NO3/c1-9(2)13(15)14-8-10-6-5-7-11(16-3)12(10)17-4/h5-7,9H,8H2,1-4H3,(H,14,15). The molecule has 0 aliphatic rings. The fourth-order valence-electron chi connectivity index (χ4n) is 1.48. The lowest BCUT2D eigenvalue weighted by molar-refractivity contribution is -0.124. The van der Waals surface area contributed by atoms with Crippen LogP contribution in [0.15, 0.2) is 18.2 Å². The molecule has 1 aromatic carbocycles. The highest BCUT2D eigenvalue weighted by Crippen LogP contribution is 2.30. The molecule has 0 atom stereocenters. The Hall–Kier alpha value is -1.71. The summed E-state index contributed by atoms with van der Waals surface area (Å²) in [6, 6.07) is 5.60. The Morgan fingerprint density at radius 2 is 2.00 bits per heavy atom. The molecular formula is C13H19NO3. The zero-order chi connectivity index (χ0) is 12.8. The fourth-order valence-corrected chi connectivity index (χ4v) is 1.48. The topological polar surface area (TPSA) is 47.6 Å². The number of ether oxygens (including phenoxy) is 2. The number of hydrogen-bond acceptors (Lipinski definition) is 3. The maximum atomic E-state index is 11.5. The molecule has 0 aliphatic carbocycles. The van der Waals surface area contributed by atoms with Crippen molar-refractivity contribution in [3.63, 3.8) is 0 Å². The molecule has 17 heavy (non-hydrogen) atoms. The molecule has 0 unspecified atom stereocenters. The highest BCUT2D eigenvalue weighted by atomic mass is 16.5. The summed E-state index contributed by atoms with van der Waals surface area (Å²) in [5.74, 6) is 1.34. The SMILES string of the molecule is COc1cccc(CNC(=O)C(C)C)c1OC. The van der Waals surface area contributed by atoms with Crippen molar-refractivity contribution in [3.05, 3.63) is 23.8 Å². The van der Waals surface area contributed by atoms with Gasteiger partial charge in [-0.1, -0.05) is 26.0 Å². The van der Waals surface area contributed by atoms with Crippen LogP contribution in [0.1, 0.15) is 19.4 Å². The number of rotatable bonds is 5. The van der Waals surface area contributed by atoms with E-state index in [1.807, 2.05) is 32.0 Å². The second-order valence-electron chi connectivity index (χ2n) is 4.03. The zero-order valence-corrected chi connectivity index (χ0v) is 10.7. The molecule has 0 aromatic heterocycles. The maximum absolute atomic E-state index is 11.5. The molecule has 0 saturated carbocycles. The lowest BCUT2D eigenvalue weighted by Crippen LogP contribution is -2.27. The number of carbonyl (C=O) groups is 1. The van der Waals surface area contributed by atoms with E-state index in [-0.39, 0.29) is 11.8 Å². The predicted octanol–water partition coefficient (Wildman–Crippen LogP) is 1.98. The second kappa shape index (κ2) is 6.13. The second-order valence-corrected chi connectivity index (χ2v) is 4.03. The third-order valence-electron chi connectivity index (χ3n) is 2.46. The predicted molar refractivity (Wildman–Crippen MR) is 66.2 cm³/mol. The van der Waals surface area contributed by atoms with Crippen LogP contribution < -0.4 is 14.8 Å². The largest absolute Gasteiger partial charge is 0.493 e. The minimum atomic E-state index is -0.0217. The normalized spacial score (nSPS) is 10.2. The van der Waals surface area contributed by atoms with Crippen molar-refractivity contribution in [2.45, 2.75) is 20.4 Å². The van der Waals surface area contributed by atoms with Crippen molar-refractivity contribution in [1.82, 2.24) is 5.32 Å². The molecule has 0 aliphatic heterocycles. The van der Waals surface area contributed by atoms with Crippen LogP contribution in [-0.4, -0.2) is 20.1 Å². The Kier molecular flexibility index (Phi) is 4.82. The van der Waals surface area contributed by atoms with Gasteiger partial charge in [-0.3, -0.25) is 4.79 Å². The molecule has 94 valence electrons. The number of amides is 1. The van der Waals surface area contributed by atoms with E-state index in [4.69, 9.17) is 9.47 Å². The number of benzene rings is 1. The Morgan fingerprint density at radius 3 is 2.53 bits per heavy atom. The van der Waals surface area contributed by atoms with Crippen LogP contribution in [0.25, 0.3) is 0 Å². The first-order valence-electron chi connectivity index (χ1n) is 5.57. The summed E-state index contributed by atoms with van der Waals surface area (Å²) in [7, 11) is 3.18. The highest BCUT2D eigenvalue weighted by molar-refractivity contribution is 5.77. The van der Waals surface area contributed by atoms with E-state index in [0.717, 1.165) is 5.56 Å². The molecule has 0 bridgehead atoms.